The van der Waals surface area contributed by atoms with Crippen molar-refractivity contribution in [3.05, 3.63) is 29.1 Å². The number of benzene rings is 1. The molecule has 104 valence electrons. The fraction of sp³-hybridized carbons (Fsp3) is 0.385. The fourth-order valence-corrected chi connectivity index (χ4v) is 1.65. The highest BCUT2D eigenvalue weighted by molar-refractivity contribution is 5.97. The number of rotatable bonds is 6. The van der Waals surface area contributed by atoms with Crippen LogP contribution in [0.25, 0.3) is 0 Å². The van der Waals surface area contributed by atoms with E-state index in [9.17, 15) is 14.0 Å². The molecule has 0 aliphatic heterocycles. The van der Waals surface area contributed by atoms with Gasteiger partial charge in [0.2, 0.25) is 0 Å². The number of carbonyl (C=O) groups excluding carboxylic acids is 2. The highest BCUT2D eigenvalue weighted by Gasteiger charge is 2.19. The van der Waals surface area contributed by atoms with Crippen molar-refractivity contribution in [2.75, 3.05) is 26.1 Å². The zero-order valence-electron chi connectivity index (χ0n) is 11.0. The van der Waals surface area contributed by atoms with Crippen molar-refractivity contribution >= 4 is 17.9 Å². The largest absolute Gasteiger partial charge is 0.465 e. The van der Waals surface area contributed by atoms with Gasteiger partial charge in [-0.1, -0.05) is 0 Å². The number of ether oxygens (including phenoxy) is 2. The lowest BCUT2D eigenvalue weighted by Crippen LogP contribution is -2.23. The summed E-state index contributed by atoms with van der Waals surface area (Å²) >= 11 is 0. The van der Waals surface area contributed by atoms with E-state index in [1.807, 2.05) is 0 Å². The molecule has 1 aromatic carbocycles. The molecule has 1 aromatic rings. The Bertz CT molecular complexity index is 476. The molecule has 0 radical (unpaired) electrons. The molecule has 0 unspecified atom stereocenters. The first-order valence-electron chi connectivity index (χ1n) is 5.66. The maximum atomic E-state index is 13.9. The minimum Gasteiger partial charge on any atom is -0.465 e. The van der Waals surface area contributed by atoms with Crippen molar-refractivity contribution in [2.24, 2.45) is 0 Å². The van der Waals surface area contributed by atoms with Gasteiger partial charge in [-0.05, 0) is 19.1 Å². The molecule has 5 nitrogen and oxygen atoms in total. The molecule has 0 amide bonds. The van der Waals surface area contributed by atoms with Crippen LogP contribution in [-0.2, 0) is 9.47 Å². The molecule has 0 heterocycles. The molecule has 0 saturated heterocycles. The number of aldehydes is 1. The number of methoxy groups -OCH3 is 2. The highest BCUT2D eigenvalue weighted by atomic mass is 19.1. The van der Waals surface area contributed by atoms with Gasteiger partial charge in [-0.15, -0.1) is 0 Å². The molecule has 0 spiro atoms. The van der Waals surface area contributed by atoms with Crippen LogP contribution in [0, 0.1) is 5.82 Å². The summed E-state index contributed by atoms with van der Waals surface area (Å²) in [6.07, 6.45) is 0.470. The van der Waals surface area contributed by atoms with Crippen molar-refractivity contribution in [2.45, 2.75) is 13.0 Å². The van der Waals surface area contributed by atoms with Gasteiger partial charge >= 0.3 is 5.97 Å². The molecule has 0 bridgehead atoms. The summed E-state index contributed by atoms with van der Waals surface area (Å²) in [6, 6.07) is 2.13. The summed E-state index contributed by atoms with van der Waals surface area (Å²) < 4.78 is 23.4. The molecule has 6 heteroatoms. The average Bonchev–Trinajstić information content (AvgIpc) is 2.40. The molecule has 0 aromatic heterocycles. The van der Waals surface area contributed by atoms with Gasteiger partial charge in [0.05, 0.1) is 25.0 Å². The van der Waals surface area contributed by atoms with E-state index in [2.05, 4.69) is 10.1 Å². The summed E-state index contributed by atoms with van der Waals surface area (Å²) in [5.41, 5.74) is 0.0531. The van der Waals surface area contributed by atoms with Crippen LogP contribution in [-0.4, -0.2) is 39.1 Å². The molecule has 1 N–H and O–H groups in total. The Morgan fingerprint density at radius 2 is 2.16 bits per heavy atom. The van der Waals surface area contributed by atoms with Crippen LogP contribution < -0.4 is 5.32 Å². The van der Waals surface area contributed by atoms with Crippen molar-refractivity contribution in [1.29, 1.82) is 0 Å². The first-order valence-corrected chi connectivity index (χ1v) is 5.66. The monoisotopic (exact) mass is 269 g/mol. The first-order chi connectivity index (χ1) is 9.03. The summed E-state index contributed by atoms with van der Waals surface area (Å²) in [4.78, 5) is 22.3. The first kappa shape index (κ1) is 15.1. The lowest BCUT2D eigenvalue weighted by atomic mass is 10.1. The topological polar surface area (TPSA) is 64.6 Å². The van der Waals surface area contributed by atoms with Gasteiger partial charge in [-0.3, -0.25) is 4.79 Å². The van der Waals surface area contributed by atoms with Crippen LogP contribution in [0.4, 0.5) is 10.1 Å². The lowest BCUT2D eigenvalue weighted by molar-refractivity contribution is 0.0601. The molecule has 19 heavy (non-hydrogen) atoms. The van der Waals surface area contributed by atoms with Crippen molar-refractivity contribution in [3.8, 4) is 0 Å². The quantitative estimate of drug-likeness (QED) is 0.631. The third-order valence-electron chi connectivity index (χ3n) is 2.46. The van der Waals surface area contributed by atoms with Gasteiger partial charge in [0.15, 0.2) is 0 Å². The van der Waals surface area contributed by atoms with E-state index >= 15 is 0 Å². The zero-order valence-corrected chi connectivity index (χ0v) is 11.0. The maximum absolute atomic E-state index is 13.9. The summed E-state index contributed by atoms with van der Waals surface area (Å²) in [6.45, 7) is 2.12. The van der Waals surface area contributed by atoms with Gasteiger partial charge in [-0.2, -0.15) is 0 Å². The number of hydrogen-bond acceptors (Lipinski definition) is 5. The zero-order chi connectivity index (χ0) is 14.4. The Morgan fingerprint density at radius 1 is 1.47 bits per heavy atom. The third-order valence-corrected chi connectivity index (χ3v) is 2.46. The normalized spacial score (nSPS) is 11.8. The van der Waals surface area contributed by atoms with Crippen LogP contribution in [0.2, 0.25) is 0 Å². The summed E-state index contributed by atoms with van der Waals surface area (Å²) in [7, 11) is 2.71. The Labute approximate surface area is 110 Å². The number of hydrogen-bond donors (Lipinski definition) is 1. The SMILES string of the molecule is COC[C@H](C)Nc1c(F)cc(C=O)cc1C(=O)OC. The predicted molar refractivity (Wildman–Crippen MR) is 68.1 cm³/mol. The maximum Gasteiger partial charge on any atom is 0.340 e. The number of anilines is 1. The third kappa shape index (κ3) is 3.75. The van der Waals surface area contributed by atoms with Gasteiger partial charge in [0.25, 0.3) is 0 Å². The predicted octanol–water partition coefficient (Wildman–Crippen LogP) is 1.87. The van der Waals surface area contributed by atoms with Crippen molar-refractivity contribution in [1.82, 2.24) is 0 Å². The Balaban J connectivity index is 3.19. The summed E-state index contributed by atoms with van der Waals surface area (Å²) in [5.74, 6) is -1.40. The van der Waals surface area contributed by atoms with Crippen LogP contribution >= 0.6 is 0 Å². The Morgan fingerprint density at radius 3 is 2.68 bits per heavy atom. The second kappa shape index (κ2) is 6.84. The standard InChI is InChI=1S/C13H16FNO4/c1-8(7-18-2)15-12-10(13(17)19-3)4-9(6-16)5-11(12)14/h4-6,8,15H,7H2,1-3H3/t8-/m0/s1. The van der Waals surface area contributed by atoms with Gasteiger partial charge in [0, 0.05) is 18.7 Å². The molecular formula is C13H16FNO4. The van der Waals surface area contributed by atoms with E-state index in [4.69, 9.17) is 4.74 Å². The van der Waals surface area contributed by atoms with Crippen molar-refractivity contribution < 1.29 is 23.5 Å². The molecule has 0 saturated carbocycles. The van der Waals surface area contributed by atoms with Crippen LogP contribution in [0.3, 0.4) is 0 Å². The van der Waals surface area contributed by atoms with Crippen LogP contribution in [0.1, 0.15) is 27.6 Å². The number of nitrogens with one attached hydrogen (secondary N) is 1. The van der Waals surface area contributed by atoms with Gasteiger partial charge in [-0.25, -0.2) is 9.18 Å². The fourth-order valence-electron chi connectivity index (χ4n) is 1.65. The molecule has 0 aliphatic carbocycles. The van der Waals surface area contributed by atoms with Gasteiger partial charge < -0.3 is 14.8 Å². The highest BCUT2D eigenvalue weighted by Crippen LogP contribution is 2.23. The number of halogens is 1. The van der Waals surface area contributed by atoms with Crippen LogP contribution in [0.5, 0.6) is 0 Å². The van der Waals surface area contributed by atoms with E-state index in [1.165, 1.54) is 20.3 Å². The van der Waals surface area contributed by atoms with E-state index in [-0.39, 0.29) is 22.9 Å². The second-order valence-electron chi connectivity index (χ2n) is 4.04. The van der Waals surface area contributed by atoms with E-state index in [0.717, 1.165) is 6.07 Å². The minimum absolute atomic E-state index is 0.00185. The number of carbonyl (C=O) groups is 2. The minimum atomic E-state index is -0.713. The number of esters is 1. The molecule has 0 fully saturated rings. The van der Waals surface area contributed by atoms with E-state index < -0.39 is 11.8 Å². The summed E-state index contributed by atoms with van der Waals surface area (Å²) in [5, 5.41) is 2.83. The Hall–Kier alpha value is -1.95. The molecular weight excluding hydrogens is 253 g/mol. The smallest absolute Gasteiger partial charge is 0.340 e. The van der Waals surface area contributed by atoms with Gasteiger partial charge in [0.1, 0.15) is 12.1 Å². The van der Waals surface area contributed by atoms with E-state index in [1.54, 1.807) is 6.92 Å². The average molecular weight is 269 g/mol. The van der Waals surface area contributed by atoms with E-state index in [0.29, 0.717) is 12.9 Å². The Kier molecular flexibility index (Phi) is 5.44. The second-order valence-corrected chi connectivity index (χ2v) is 4.04. The molecule has 1 atom stereocenters. The molecule has 0 aliphatic rings. The molecule has 1 rings (SSSR count). The van der Waals surface area contributed by atoms with Crippen LogP contribution in [0.15, 0.2) is 12.1 Å². The van der Waals surface area contributed by atoms with Crippen molar-refractivity contribution in [3.63, 3.8) is 0 Å². The lowest BCUT2D eigenvalue weighted by Gasteiger charge is -2.17.